The fourth-order valence-corrected chi connectivity index (χ4v) is 3.80. The molecule has 3 rings (SSSR count). The summed E-state index contributed by atoms with van der Waals surface area (Å²) in [6, 6.07) is 10.1. The molecule has 0 aliphatic carbocycles. The summed E-state index contributed by atoms with van der Waals surface area (Å²) in [4.78, 5) is 12.0. The first kappa shape index (κ1) is 19.8. The lowest BCUT2D eigenvalue weighted by atomic mass is 10.2. The lowest BCUT2D eigenvalue weighted by molar-refractivity contribution is 0.102. The van der Waals surface area contributed by atoms with Gasteiger partial charge in [-0.1, -0.05) is 29.5 Å². The van der Waals surface area contributed by atoms with E-state index in [4.69, 9.17) is 0 Å². The van der Waals surface area contributed by atoms with E-state index in [1.165, 1.54) is 36.4 Å². The molecule has 1 heterocycles. The second kappa shape index (κ2) is 7.94. The number of amides is 1. The van der Waals surface area contributed by atoms with Crippen molar-refractivity contribution in [3.63, 3.8) is 0 Å². The zero-order chi connectivity index (χ0) is 20.3. The van der Waals surface area contributed by atoms with Gasteiger partial charge in [0.25, 0.3) is 22.4 Å². The van der Waals surface area contributed by atoms with Crippen LogP contribution in [0.5, 0.6) is 0 Å². The Morgan fingerprint density at radius 1 is 1.07 bits per heavy atom. The van der Waals surface area contributed by atoms with Crippen molar-refractivity contribution in [2.24, 2.45) is 0 Å². The van der Waals surface area contributed by atoms with E-state index in [0.717, 1.165) is 12.1 Å². The molecule has 0 aliphatic heterocycles. The summed E-state index contributed by atoms with van der Waals surface area (Å²) >= 11 is 0.501. The lowest BCUT2D eigenvalue weighted by Crippen LogP contribution is -2.16. The molecule has 2 N–H and O–H groups in total. The van der Waals surface area contributed by atoms with Crippen molar-refractivity contribution in [1.82, 2.24) is 10.2 Å². The number of hydrogen-bond donors (Lipinski definition) is 2. The predicted molar refractivity (Wildman–Crippen MR) is 96.5 cm³/mol. The van der Waals surface area contributed by atoms with Gasteiger partial charge in [0.05, 0.1) is 10.6 Å². The summed E-state index contributed by atoms with van der Waals surface area (Å²) in [6.07, 6.45) is -2.82. The van der Waals surface area contributed by atoms with E-state index in [2.05, 4.69) is 20.2 Å². The molecule has 1 aromatic heterocycles. The zero-order valence-corrected chi connectivity index (χ0v) is 15.4. The van der Waals surface area contributed by atoms with Crippen LogP contribution in [-0.2, 0) is 10.0 Å². The van der Waals surface area contributed by atoms with Crippen LogP contribution >= 0.6 is 11.3 Å². The SMILES string of the molecule is O=C(Nc1nnc(C(F)F)s1)c1cccc(S(=O)(=O)Nc2ccccc2F)c1. The number of carbonyl (C=O) groups is 1. The van der Waals surface area contributed by atoms with Gasteiger partial charge in [-0.3, -0.25) is 14.8 Å². The average Bonchev–Trinajstić information content (AvgIpc) is 3.12. The Kier molecular flexibility index (Phi) is 5.61. The molecule has 2 aromatic carbocycles. The Labute approximate surface area is 161 Å². The van der Waals surface area contributed by atoms with Crippen molar-refractivity contribution < 1.29 is 26.4 Å². The van der Waals surface area contributed by atoms with Crippen molar-refractivity contribution in [3.05, 3.63) is 64.9 Å². The van der Waals surface area contributed by atoms with E-state index in [1.807, 2.05) is 0 Å². The predicted octanol–water partition coefficient (Wildman–Crippen LogP) is 3.67. The second-order valence-electron chi connectivity index (χ2n) is 5.31. The standard InChI is InChI=1S/C16H11F3N4O3S2/c17-11-6-1-2-7-12(11)23-28(25,26)10-5-3-4-9(8-10)14(24)20-16-22-21-15(27-16)13(18)19/h1-8,13,23H,(H,20,22,24). The highest BCUT2D eigenvalue weighted by Gasteiger charge is 2.19. The van der Waals surface area contributed by atoms with Gasteiger partial charge in [0.15, 0.2) is 5.01 Å². The number of hydrogen-bond acceptors (Lipinski definition) is 6. The van der Waals surface area contributed by atoms with Gasteiger partial charge in [-0.2, -0.15) is 0 Å². The molecule has 28 heavy (non-hydrogen) atoms. The molecule has 0 bridgehead atoms. The number of alkyl halides is 2. The molecule has 12 heteroatoms. The van der Waals surface area contributed by atoms with Gasteiger partial charge >= 0.3 is 0 Å². The molecule has 146 valence electrons. The average molecular weight is 428 g/mol. The molecule has 0 radical (unpaired) electrons. The highest BCUT2D eigenvalue weighted by Crippen LogP contribution is 2.26. The van der Waals surface area contributed by atoms with Crippen LogP contribution in [0.25, 0.3) is 0 Å². The van der Waals surface area contributed by atoms with Gasteiger partial charge in [-0.25, -0.2) is 21.6 Å². The van der Waals surface area contributed by atoms with Crippen molar-refractivity contribution >= 4 is 38.1 Å². The summed E-state index contributed by atoms with van der Waals surface area (Å²) in [5.41, 5.74) is -0.309. The molecule has 1 amide bonds. The molecule has 0 atom stereocenters. The van der Waals surface area contributed by atoms with Crippen molar-refractivity contribution in [2.45, 2.75) is 11.3 Å². The maximum Gasteiger partial charge on any atom is 0.291 e. The third kappa shape index (κ3) is 4.46. The van der Waals surface area contributed by atoms with Crippen molar-refractivity contribution in [2.75, 3.05) is 10.0 Å². The first-order chi connectivity index (χ1) is 13.3. The fourth-order valence-electron chi connectivity index (χ4n) is 2.09. The molecule has 0 spiro atoms. The van der Waals surface area contributed by atoms with Crippen LogP contribution in [0.3, 0.4) is 0 Å². The smallest absolute Gasteiger partial charge is 0.291 e. The third-order valence-corrected chi connectivity index (χ3v) is 5.58. The number of benzene rings is 2. The summed E-state index contributed by atoms with van der Waals surface area (Å²) in [5.74, 6) is -1.52. The molecule has 0 unspecified atom stereocenters. The van der Waals surface area contributed by atoms with Crippen LogP contribution in [0.15, 0.2) is 53.4 Å². The van der Waals surface area contributed by atoms with E-state index in [-0.39, 0.29) is 21.3 Å². The maximum atomic E-state index is 13.7. The van der Waals surface area contributed by atoms with Gasteiger partial charge in [-0.05, 0) is 30.3 Å². The van der Waals surface area contributed by atoms with Gasteiger partial charge < -0.3 is 0 Å². The fraction of sp³-hybridized carbons (Fsp3) is 0.0625. The van der Waals surface area contributed by atoms with Crippen molar-refractivity contribution in [1.29, 1.82) is 0 Å². The van der Waals surface area contributed by atoms with Crippen LogP contribution in [0.2, 0.25) is 0 Å². The van der Waals surface area contributed by atoms with Crippen LogP contribution in [0, 0.1) is 5.82 Å². The molecule has 0 aliphatic rings. The first-order valence-electron chi connectivity index (χ1n) is 7.56. The number of sulfonamides is 1. The number of para-hydroxylation sites is 1. The number of halogens is 3. The Morgan fingerprint density at radius 2 is 1.82 bits per heavy atom. The molecular weight excluding hydrogens is 417 g/mol. The normalized spacial score (nSPS) is 11.4. The van der Waals surface area contributed by atoms with Crippen LogP contribution < -0.4 is 10.0 Å². The third-order valence-electron chi connectivity index (χ3n) is 3.37. The minimum Gasteiger partial charge on any atom is -0.296 e. The van der Waals surface area contributed by atoms with Crippen LogP contribution in [0.1, 0.15) is 21.8 Å². The van der Waals surface area contributed by atoms with E-state index >= 15 is 0 Å². The number of rotatable bonds is 6. The number of carbonyl (C=O) groups excluding carboxylic acids is 1. The number of anilines is 2. The largest absolute Gasteiger partial charge is 0.296 e. The van der Waals surface area contributed by atoms with E-state index in [0.29, 0.717) is 11.3 Å². The molecule has 0 saturated carbocycles. The minimum atomic E-state index is -4.17. The molecule has 0 fully saturated rings. The zero-order valence-electron chi connectivity index (χ0n) is 13.8. The van der Waals surface area contributed by atoms with Crippen LogP contribution in [0.4, 0.5) is 24.0 Å². The van der Waals surface area contributed by atoms with Gasteiger partial charge in [0.1, 0.15) is 5.82 Å². The monoisotopic (exact) mass is 428 g/mol. The number of nitrogens with zero attached hydrogens (tertiary/aromatic N) is 2. The molecular formula is C16H11F3N4O3S2. The minimum absolute atomic E-state index is 0.0646. The van der Waals surface area contributed by atoms with Gasteiger partial charge in [0.2, 0.25) is 5.13 Å². The van der Waals surface area contributed by atoms with E-state index in [1.54, 1.807) is 0 Å². The van der Waals surface area contributed by atoms with Crippen molar-refractivity contribution in [3.8, 4) is 0 Å². The Balaban J connectivity index is 1.80. The number of aromatic nitrogens is 2. The number of nitrogens with one attached hydrogen (secondary N) is 2. The van der Waals surface area contributed by atoms with E-state index < -0.39 is 33.2 Å². The Morgan fingerprint density at radius 3 is 2.50 bits per heavy atom. The highest BCUT2D eigenvalue weighted by molar-refractivity contribution is 7.92. The summed E-state index contributed by atoms with van der Waals surface area (Å²) in [6.45, 7) is 0. The van der Waals surface area contributed by atoms with Crippen LogP contribution in [-0.4, -0.2) is 24.5 Å². The lowest BCUT2D eigenvalue weighted by Gasteiger charge is -2.10. The summed E-state index contributed by atoms with van der Waals surface area (Å²) < 4.78 is 65.7. The van der Waals surface area contributed by atoms with E-state index in [9.17, 15) is 26.4 Å². The Hall–Kier alpha value is -2.99. The first-order valence-corrected chi connectivity index (χ1v) is 9.86. The maximum absolute atomic E-state index is 13.7. The van der Waals surface area contributed by atoms with Gasteiger partial charge in [0, 0.05) is 5.56 Å². The second-order valence-corrected chi connectivity index (χ2v) is 8.00. The van der Waals surface area contributed by atoms with Gasteiger partial charge in [-0.15, -0.1) is 10.2 Å². The summed E-state index contributed by atoms with van der Waals surface area (Å²) in [7, 11) is -4.17. The summed E-state index contributed by atoms with van der Waals surface area (Å²) in [5, 5.41) is 8.22. The topological polar surface area (TPSA) is 101 Å². The molecule has 7 nitrogen and oxygen atoms in total. The highest BCUT2D eigenvalue weighted by atomic mass is 32.2. The quantitative estimate of drug-likeness (QED) is 0.624. The molecule has 3 aromatic rings. The Bertz CT molecular complexity index is 1120. The molecule has 0 saturated heterocycles.